The second-order valence-corrected chi connectivity index (χ2v) is 8.55. The Kier molecular flexibility index (Phi) is 3.57. The van der Waals surface area contributed by atoms with Gasteiger partial charge in [-0.3, -0.25) is 0 Å². The number of aryl methyl sites for hydroxylation is 1. The topological polar surface area (TPSA) is 57.6 Å². The van der Waals surface area contributed by atoms with Crippen molar-refractivity contribution in [3.8, 4) is 0 Å². The van der Waals surface area contributed by atoms with Crippen LogP contribution in [0.15, 0.2) is 10.3 Å². The summed E-state index contributed by atoms with van der Waals surface area (Å²) in [6.07, 6.45) is 1.80. The van der Waals surface area contributed by atoms with E-state index in [1.165, 1.54) is 11.3 Å². The molecule has 4 nitrogen and oxygen atoms in total. The third-order valence-corrected chi connectivity index (χ3v) is 7.29. The smallest absolute Gasteiger partial charge is 0.253 e. The molecule has 18 heavy (non-hydrogen) atoms. The van der Waals surface area contributed by atoms with E-state index in [-0.39, 0.29) is 12.1 Å². The molecule has 1 fully saturated rings. The van der Waals surface area contributed by atoms with Gasteiger partial charge in [0, 0.05) is 17.0 Å². The van der Waals surface area contributed by atoms with Crippen LogP contribution in [0.1, 0.15) is 37.1 Å². The van der Waals surface area contributed by atoms with Crippen molar-refractivity contribution in [3.63, 3.8) is 0 Å². The van der Waals surface area contributed by atoms with Crippen LogP contribution in [0.4, 0.5) is 0 Å². The standard InChI is InChI=1S/C12H19NO3S2/c1-9-7-11(17-10(9)8-14)18(15,16)13-6-4-5-12(13,2)3/h7,14H,4-6,8H2,1-3H3. The number of hydrogen-bond donors (Lipinski definition) is 1. The van der Waals surface area contributed by atoms with Crippen molar-refractivity contribution >= 4 is 21.4 Å². The molecule has 1 aliphatic rings. The first kappa shape index (κ1) is 14.0. The van der Waals surface area contributed by atoms with Crippen molar-refractivity contribution in [1.82, 2.24) is 4.31 Å². The third-order valence-electron chi connectivity index (χ3n) is 3.51. The van der Waals surface area contributed by atoms with Crippen LogP contribution >= 0.6 is 11.3 Å². The van der Waals surface area contributed by atoms with E-state index in [0.717, 1.165) is 23.3 Å². The number of aliphatic hydroxyl groups excluding tert-OH is 1. The first-order valence-electron chi connectivity index (χ1n) is 6.02. The summed E-state index contributed by atoms with van der Waals surface area (Å²) in [7, 11) is -3.42. The molecule has 1 aromatic heterocycles. The van der Waals surface area contributed by atoms with Gasteiger partial charge in [-0.1, -0.05) is 0 Å². The molecule has 1 N–H and O–H groups in total. The van der Waals surface area contributed by atoms with Crippen molar-refractivity contribution in [2.75, 3.05) is 6.54 Å². The van der Waals surface area contributed by atoms with Crippen LogP contribution in [0.3, 0.4) is 0 Å². The quantitative estimate of drug-likeness (QED) is 0.927. The normalized spacial score (nSPS) is 20.4. The lowest BCUT2D eigenvalue weighted by Gasteiger charge is -2.29. The number of sulfonamides is 1. The molecule has 0 saturated carbocycles. The molecular formula is C12H19NO3S2. The number of rotatable bonds is 3. The van der Waals surface area contributed by atoms with Gasteiger partial charge in [0.05, 0.1) is 6.61 Å². The molecule has 1 saturated heterocycles. The first-order valence-corrected chi connectivity index (χ1v) is 8.28. The summed E-state index contributed by atoms with van der Waals surface area (Å²) in [6.45, 7) is 6.24. The largest absolute Gasteiger partial charge is 0.391 e. The van der Waals surface area contributed by atoms with Crippen LogP contribution in [0.25, 0.3) is 0 Å². The number of thiophene rings is 1. The fraction of sp³-hybridized carbons (Fsp3) is 0.667. The van der Waals surface area contributed by atoms with E-state index in [2.05, 4.69) is 0 Å². The first-order chi connectivity index (χ1) is 8.29. The lowest BCUT2D eigenvalue weighted by molar-refractivity contribution is 0.285. The summed E-state index contributed by atoms with van der Waals surface area (Å²) < 4.78 is 27.1. The maximum Gasteiger partial charge on any atom is 0.253 e. The summed E-state index contributed by atoms with van der Waals surface area (Å²) >= 11 is 1.17. The highest BCUT2D eigenvalue weighted by Gasteiger charge is 2.41. The molecule has 0 aromatic carbocycles. The highest BCUT2D eigenvalue weighted by Crippen LogP contribution is 2.36. The Morgan fingerprint density at radius 1 is 1.50 bits per heavy atom. The fourth-order valence-corrected chi connectivity index (χ4v) is 5.82. The minimum Gasteiger partial charge on any atom is -0.391 e. The average Bonchev–Trinajstić information content (AvgIpc) is 2.81. The SMILES string of the molecule is Cc1cc(S(=O)(=O)N2CCCC2(C)C)sc1CO. The van der Waals surface area contributed by atoms with Gasteiger partial charge in [-0.25, -0.2) is 8.42 Å². The maximum atomic E-state index is 12.6. The summed E-state index contributed by atoms with van der Waals surface area (Å²) in [5.74, 6) is 0. The van der Waals surface area contributed by atoms with E-state index in [1.54, 1.807) is 10.4 Å². The van der Waals surface area contributed by atoms with Crippen molar-refractivity contribution in [3.05, 3.63) is 16.5 Å². The van der Waals surface area contributed by atoms with Crippen LogP contribution in [0.5, 0.6) is 0 Å². The van der Waals surface area contributed by atoms with Crippen LogP contribution in [0.2, 0.25) is 0 Å². The molecule has 0 atom stereocenters. The molecule has 1 aliphatic heterocycles. The highest BCUT2D eigenvalue weighted by molar-refractivity contribution is 7.91. The monoisotopic (exact) mass is 289 g/mol. The van der Waals surface area contributed by atoms with Crippen LogP contribution in [-0.2, 0) is 16.6 Å². The summed E-state index contributed by atoms with van der Waals surface area (Å²) in [4.78, 5) is 0.727. The lowest BCUT2D eigenvalue weighted by Crippen LogP contribution is -2.42. The predicted octanol–water partition coefficient (Wildman–Crippen LogP) is 2.11. The second-order valence-electron chi connectivity index (χ2n) is 5.32. The van der Waals surface area contributed by atoms with Gasteiger partial charge in [0.25, 0.3) is 10.0 Å². The molecule has 0 aliphatic carbocycles. The van der Waals surface area contributed by atoms with Crippen molar-refractivity contribution in [2.24, 2.45) is 0 Å². The maximum absolute atomic E-state index is 12.6. The van der Waals surface area contributed by atoms with Crippen LogP contribution < -0.4 is 0 Å². The number of nitrogens with zero attached hydrogens (tertiary/aromatic N) is 1. The molecule has 0 bridgehead atoms. The van der Waals surface area contributed by atoms with E-state index < -0.39 is 10.0 Å². The van der Waals surface area contributed by atoms with Crippen LogP contribution in [-0.4, -0.2) is 29.9 Å². The molecule has 0 spiro atoms. The van der Waals surface area contributed by atoms with Gasteiger partial charge in [-0.15, -0.1) is 11.3 Å². The van der Waals surface area contributed by atoms with Crippen molar-refractivity contribution in [2.45, 2.75) is 50.0 Å². The van der Waals surface area contributed by atoms with Crippen LogP contribution in [0, 0.1) is 6.92 Å². The number of hydrogen-bond acceptors (Lipinski definition) is 4. The third kappa shape index (κ3) is 2.22. The minimum atomic E-state index is -3.42. The van der Waals surface area contributed by atoms with Crippen molar-refractivity contribution < 1.29 is 13.5 Å². The van der Waals surface area contributed by atoms with E-state index in [0.29, 0.717) is 10.8 Å². The zero-order valence-electron chi connectivity index (χ0n) is 10.9. The summed E-state index contributed by atoms with van der Waals surface area (Å²) in [5, 5.41) is 9.17. The van der Waals surface area contributed by atoms with E-state index in [9.17, 15) is 8.42 Å². The Morgan fingerprint density at radius 3 is 2.61 bits per heavy atom. The molecule has 0 amide bonds. The van der Waals surface area contributed by atoms with Gasteiger partial charge < -0.3 is 5.11 Å². The average molecular weight is 289 g/mol. The Morgan fingerprint density at radius 2 is 2.17 bits per heavy atom. The van der Waals surface area contributed by atoms with Gasteiger partial charge in [0.1, 0.15) is 4.21 Å². The van der Waals surface area contributed by atoms with Gasteiger partial charge in [0.15, 0.2) is 0 Å². The van der Waals surface area contributed by atoms with Gasteiger partial charge in [-0.2, -0.15) is 4.31 Å². The minimum absolute atomic E-state index is 0.102. The molecule has 102 valence electrons. The Hall–Kier alpha value is -0.430. The summed E-state index contributed by atoms with van der Waals surface area (Å²) in [5.41, 5.74) is 0.536. The molecule has 0 radical (unpaired) electrons. The number of aliphatic hydroxyl groups is 1. The Balaban J connectivity index is 2.42. The second kappa shape index (κ2) is 4.59. The molecule has 2 rings (SSSR count). The van der Waals surface area contributed by atoms with E-state index in [1.807, 2.05) is 20.8 Å². The molecule has 0 unspecified atom stereocenters. The van der Waals surface area contributed by atoms with Gasteiger partial charge in [-0.05, 0) is 45.2 Å². The van der Waals surface area contributed by atoms with Gasteiger partial charge >= 0.3 is 0 Å². The Labute approximate surface area is 112 Å². The molecular weight excluding hydrogens is 270 g/mol. The van der Waals surface area contributed by atoms with E-state index >= 15 is 0 Å². The highest BCUT2D eigenvalue weighted by atomic mass is 32.2. The fourth-order valence-electron chi connectivity index (χ4n) is 2.41. The predicted molar refractivity (Wildman–Crippen MR) is 72.2 cm³/mol. The van der Waals surface area contributed by atoms with Crippen molar-refractivity contribution in [1.29, 1.82) is 0 Å². The zero-order valence-corrected chi connectivity index (χ0v) is 12.6. The van der Waals surface area contributed by atoms with Gasteiger partial charge in [0.2, 0.25) is 0 Å². The summed E-state index contributed by atoms with van der Waals surface area (Å²) in [6, 6.07) is 1.67. The Bertz CT molecular complexity index is 546. The van der Waals surface area contributed by atoms with E-state index in [4.69, 9.17) is 5.11 Å². The lowest BCUT2D eigenvalue weighted by atomic mass is 10.0. The molecule has 6 heteroatoms. The zero-order chi connectivity index (χ0) is 13.6. The molecule has 2 heterocycles. The molecule has 1 aromatic rings.